The zero-order chi connectivity index (χ0) is 20.1. The van der Waals surface area contributed by atoms with Crippen LogP contribution in [0.3, 0.4) is 0 Å². The van der Waals surface area contributed by atoms with Gasteiger partial charge in [0.2, 0.25) is 0 Å². The second-order valence-electron chi connectivity index (χ2n) is 6.98. The molecular weight excluding hydrogens is 354 g/mol. The number of hydrogen-bond acceptors (Lipinski definition) is 4. The van der Waals surface area contributed by atoms with Gasteiger partial charge >= 0.3 is 0 Å². The van der Waals surface area contributed by atoms with Crippen molar-refractivity contribution in [3.05, 3.63) is 82.6 Å². The van der Waals surface area contributed by atoms with Gasteiger partial charge in [0.25, 0.3) is 5.91 Å². The molecule has 0 aromatic heterocycles. The van der Waals surface area contributed by atoms with Crippen LogP contribution < -0.4 is 0 Å². The quantitative estimate of drug-likeness (QED) is 0.762. The molecule has 1 amide bonds. The Bertz CT molecular complexity index is 888. The number of aryl methyl sites for hydroxylation is 2. The molecule has 0 fully saturated rings. The largest absolute Gasteiger partial charge is 0.503 e. The molecule has 3 rings (SSSR count). The molecule has 1 aliphatic rings. The van der Waals surface area contributed by atoms with Gasteiger partial charge in [0.15, 0.2) is 11.5 Å². The van der Waals surface area contributed by atoms with Gasteiger partial charge in [-0.1, -0.05) is 60.2 Å². The Morgan fingerprint density at radius 3 is 2.57 bits per heavy atom. The molecule has 1 N–H and O–H groups in total. The van der Waals surface area contributed by atoms with E-state index in [1.54, 1.807) is 7.11 Å². The van der Waals surface area contributed by atoms with Gasteiger partial charge in [0, 0.05) is 20.1 Å². The maximum absolute atomic E-state index is 13.0. The van der Waals surface area contributed by atoms with E-state index in [2.05, 4.69) is 0 Å². The predicted octanol–water partition coefficient (Wildman–Crippen LogP) is 3.54. The fourth-order valence-electron chi connectivity index (χ4n) is 3.58. The fourth-order valence-corrected chi connectivity index (χ4v) is 3.58. The van der Waals surface area contributed by atoms with Crippen molar-refractivity contribution in [3.8, 4) is 0 Å². The first kappa shape index (κ1) is 19.8. The summed E-state index contributed by atoms with van der Waals surface area (Å²) in [7, 11) is 1.56. The zero-order valence-corrected chi connectivity index (χ0v) is 16.2. The highest BCUT2D eigenvalue weighted by Crippen LogP contribution is 2.38. The lowest BCUT2D eigenvalue weighted by Crippen LogP contribution is -2.34. The standard InChI is InChI=1S/C23H25NO4/c1-16-7-6-10-18(15-16)21-20(22(26)23(27)24(21)13-14-28-2)19(25)12-11-17-8-4-3-5-9-17/h3-10,15,21,26H,11-14H2,1-2H3. The van der Waals surface area contributed by atoms with Gasteiger partial charge in [0.05, 0.1) is 18.2 Å². The number of hydrogen-bond donors (Lipinski definition) is 1. The van der Waals surface area contributed by atoms with Gasteiger partial charge in [-0.15, -0.1) is 0 Å². The second kappa shape index (κ2) is 8.85. The van der Waals surface area contributed by atoms with Gasteiger partial charge in [-0.3, -0.25) is 9.59 Å². The van der Waals surface area contributed by atoms with Crippen molar-refractivity contribution in [1.82, 2.24) is 4.90 Å². The number of carbonyl (C=O) groups excluding carboxylic acids is 2. The number of benzene rings is 2. The van der Waals surface area contributed by atoms with E-state index in [4.69, 9.17) is 4.74 Å². The Hall–Kier alpha value is -2.92. The number of rotatable bonds is 8. The molecule has 0 spiro atoms. The van der Waals surface area contributed by atoms with E-state index in [-0.39, 0.29) is 17.8 Å². The molecule has 0 saturated heterocycles. The van der Waals surface area contributed by atoms with Crippen molar-refractivity contribution in [2.45, 2.75) is 25.8 Å². The zero-order valence-electron chi connectivity index (χ0n) is 16.2. The summed E-state index contributed by atoms with van der Waals surface area (Å²) in [6.45, 7) is 2.58. The highest BCUT2D eigenvalue weighted by Gasteiger charge is 2.42. The first-order valence-electron chi connectivity index (χ1n) is 9.39. The second-order valence-corrected chi connectivity index (χ2v) is 6.98. The van der Waals surface area contributed by atoms with Gasteiger partial charge in [0.1, 0.15) is 0 Å². The average molecular weight is 379 g/mol. The smallest absolute Gasteiger partial charge is 0.290 e. The predicted molar refractivity (Wildman–Crippen MR) is 107 cm³/mol. The highest BCUT2D eigenvalue weighted by atomic mass is 16.5. The van der Waals surface area contributed by atoms with Crippen molar-refractivity contribution in [2.75, 3.05) is 20.3 Å². The average Bonchev–Trinajstić information content (AvgIpc) is 2.96. The summed E-state index contributed by atoms with van der Waals surface area (Å²) in [5.41, 5.74) is 3.07. The molecule has 2 aromatic carbocycles. The number of aliphatic hydroxyl groups is 1. The van der Waals surface area contributed by atoms with Gasteiger partial charge in [-0.2, -0.15) is 0 Å². The number of amides is 1. The first-order valence-corrected chi connectivity index (χ1v) is 9.39. The Balaban J connectivity index is 1.90. The van der Waals surface area contributed by atoms with Crippen molar-refractivity contribution in [3.63, 3.8) is 0 Å². The molecule has 0 bridgehead atoms. The molecule has 2 aromatic rings. The maximum Gasteiger partial charge on any atom is 0.290 e. The topological polar surface area (TPSA) is 66.8 Å². The van der Waals surface area contributed by atoms with Crippen LogP contribution in [0.5, 0.6) is 0 Å². The summed E-state index contributed by atoms with van der Waals surface area (Å²) in [5, 5.41) is 10.5. The van der Waals surface area contributed by atoms with E-state index >= 15 is 0 Å². The molecule has 5 heteroatoms. The van der Waals surface area contributed by atoms with Crippen LogP contribution in [-0.4, -0.2) is 42.0 Å². The van der Waals surface area contributed by atoms with E-state index in [1.165, 1.54) is 4.90 Å². The molecule has 1 unspecified atom stereocenters. The number of nitrogens with zero attached hydrogens (tertiary/aromatic N) is 1. The number of aliphatic hydroxyl groups excluding tert-OH is 1. The molecular formula is C23H25NO4. The summed E-state index contributed by atoms with van der Waals surface area (Å²) >= 11 is 0. The lowest BCUT2D eigenvalue weighted by atomic mass is 9.92. The van der Waals surface area contributed by atoms with Crippen LogP contribution >= 0.6 is 0 Å². The Labute approximate surface area is 165 Å². The molecule has 0 radical (unpaired) electrons. The van der Waals surface area contributed by atoms with E-state index in [0.29, 0.717) is 19.6 Å². The SMILES string of the molecule is COCCN1C(=O)C(O)=C(C(=O)CCc2ccccc2)C1c1cccc(C)c1. The number of methoxy groups -OCH3 is 1. The fraction of sp³-hybridized carbons (Fsp3) is 0.304. The molecule has 1 heterocycles. The summed E-state index contributed by atoms with van der Waals surface area (Å²) in [5.74, 6) is -1.17. The van der Waals surface area contributed by atoms with Crippen LogP contribution in [0.1, 0.15) is 29.2 Å². The minimum absolute atomic E-state index is 0.183. The lowest BCUT2D eigenvalue weighted by molar-refractivity contribution is -0.130. The minimum Gasteiger partial charge on any atom is -0.503 e. The van der Waals surface area contributed by atoms with Crippen LogP contribution in [0, 0.1) is 6.92 Å². The molecule has 0 saturated carbocycles. The third-order valence-electron chi connectivity index (χ3n) is 4.98. The van der Waals surface area contributed by atoms with E-state index in [1.807, 2.05) is 61.5 Å². The van der Waals surface area contributed by atoms with Crippen molar-refractivity contribution in [2.24, 2.45) is 0 Å². The lowest BCUT2D eigenvalue weighted by Gasteiger charge is -2.26. The van der Waals surface area contributed by atoms with Crippen molar-refractivity contribution in [1.29, 1.82) is 0 Å². The molecule has 28 heavy (non-hydrogen) atoms. The maximum atomic E-state index is 13.0. The van der Waals surface area contributed by atoms with Crippen molar-refractivity contribution < 1.29 is 19.4 Å². The van der Waals surface area contributed by atoms with E-state index in [0.717, 1.165) is 16.7 Å². The molecule has 1 aliphatic heterocycles. The van der Waals surface area contributed by atoms with Crippen LogP contribution in [0.25, 0.3) is 0 Å². The van der Waals surface area contributed by atoms with Crippen LogP contribution in [-0.2, 0) is 20.7 Å². The third kappa shape index (κ3) is 4.15. The molecule has 0 aliphatic carbocycles. The van der Waals surface area contributed by atoms with Gasteiger partial charge < -0.3 is 14.7 Å². The van der Waals surface area contributed by atoms with Gasteiger partial charge in [-0.25, -0.2) is 0 Å². The van der Waals surface area contributed by atoms with Gasteiger partial charge in [-0.05, 0) is 24.5 Å². The Morgan fingerprint density at radius 2 is 1.89 bits per heavy atom. The first-order chi connectivity index (χ1) is 13.5. The third-order valence-corrected chi connectivity index (χ3v) is 4.98. The summed E-state index contributed by atoms with van der Waals surface area (Å²) in [6, 6.07) is 16.8. The highest BCUT2D eigenvalue weighted by molar-refractivity contribution is 6.09. The Morgan fingerprint density at radius 1 is 1.14 bits per heavy atom. The monoisotopic (exact) mass is 379 g/mol. The van der Waals surface area contributed by atoms with Crippen molar-refractivity contribution >= 4 is 11.7 Å². The number of ether oxygens (including phenoxy) is 1. The van der Waals surface area contributed by atoms with Crippen LogP contribution in [0.4, 0.5) is 0 Å². The summed E-state index contributed by atoms with van der Waals surface area (Å²) in [4.78, 5) is 27.2. The number of ketones is 1. The summed E-state index contributed by atoms with van der Waals surface area (Å²) in [6.07, 6.45) is 0.792. The molecule has 1 atom stereocenters. The Kier molecular flexibility index (Phi) is 6.26. The number of Topliss-reactive ketones (excluding diaryl/α,β-unsaturated/α-hetero) is 1. The van der Waals surface area contributed by atoms with E-state index in [9.17, 15) is 14.7 Å². The molecule has 146 valence electrons. The summed E-state index contributed by atoms with van der Waals surface area (Å²) < 4.78 is 5.12. The normalized spacial score (nSPS) is 16.7. The van der Waals surface area contributed by atoms with Crippen LogP contribution in [0.15, 0.2) is 65.9 Å². The van der Waals surface area contributed by atoms with E-state index < -0.39 is 17.7 Å². The number of carbonyl (C=O) groups is 2. The van der Waals surface area contributed by atoms with Crippen LogP contribution in [0.2, 0.25) is 0 Å². The minimum atomic E-state index is -0.592. The molecule has 5 nitrogen and oxygen atoms in total.